The second-order valence-corrected chi connectivity index (χ2v) is 6.14. The number of hydrogen-bond donors (Lipinski definition) is 2. The zero-order chi connectivity index (χ0) is 14.0. The van der Waals surface area contributed by atoms with Crippen molar-refractivity contribution in [3.8, 4) is 0 Å². The minimum Gasteiger partial charge on any atom is -0.465 e. The molecule has 2 heterocycles. The monoisotopic (exact) mass is 293 g/mol. The van der Waals surface area contributed by atoms with Crippen molar-refractivity contribution in [2.24, 2.45) is 0 Å². The predicted molar refractivity (Wildman–Crippen MR) is 79.0 cm³/mol. The van der Waals surface area contributed by atoms with Crippen LogP contribution < -0.4 is 5.43 Å². The number of nitrogens with zero attached hydrogens (tertiary/aromatic N) is 2. The molecule has 0 aromatic heterocycles. The van der Waals surface area contributed by atoms with E-state index in [0.29, 0.717) is 6.54 Å². The Labute approximate surface area is 123 Å². The molecule has 2 aliphatic rings. The Balaban J connectivity index is 2.08. The number of hydrazine groups is 1. The molecule has 5 nitrogen and oxygen atoms in total. The van der Waals surface area contributed by atoms with Gasteiger partial charge in [0.1, 0.15) is 5.66 Å². The molecule has 0 aliphatic carbocycles. The Morgan fingerprint density at radius 1 is 1.30 bits per heavy atom. The molecule has 1 unspecified atom stereocenters. The van der Waals surface area contributed by atoms with Crippen LogP contribution in [0.25, 0.3) is 0 Å². The topological polar surface area (TPSA) is 55.8 Å². The van der Waals surface area contributed by atoms with Crippen LogP contribution in [0.3, 0.4) is 0 Å². The van der Waals surface area contributed by atoms with Gasteiger partial charge in [-0.3, -0.25) is 4.90 Å². The molecule has 1 amide bonds. The SMILES string of the molecule is O=C(O)N1CCCCC1(c1ccccc1)N1NCCS1. The largest absolute Gasteiger partial charge is 0.465 e. The molecule has 3 rings (SSSR count). The molecule has 20 heavy (non-hydrogen) atoms. The van der Waals surface area contributed by atoms with Crippen LogP contribution >= 0.6 is 11.9 Å². The minimum atomic E-state index is -0.845. The smallest absolute Gasteiger partial charge is 0.409 e. The zero-order valence-electron chi connectivity index (χ0n) is 11.3. The van der Waals surface area contributed by atoms with E-state index in [0.717, 1.165) is 37.1 Å². The van der Waals surface area contributed by atoms with Gasteiger partial charge in [0.2, 0.25) is 0 Å². The normalized spacial score (nSPS) is 27.7. The number of hydrogen-bond acceptors (Lipinski definition) is 4. The third-order valence-corrected chi connectivity index (χ3v) is 5.06. The van der Waals surface area contributed by atoms with Crippen molar-refractivity contribution in [2.75, 3.05) is 18.8 Å². The molecule has 0 saturated carbocycles. The predicted octanol–water partition coefficient (Wildman–Crippen LogP) is 2.47. The molecule has 2 saturated heterocycles. The summed E-state index contributed by atoms with van der Waals surface area (Å²) in [5, 5.41) is 9.66. The lowest BCUT2D eigenvalue weighted by atomic mass is 9.88. The lowest BCUT2D eigenvalue weighted by Gasteiger charge is -2.50. The first-order chi connectivity index (χ1) is 9.75. The van der Waals surface area contributed by atoms with Crippen LogP contribution in [0.1, 0.15) is 24.8 Å². The molecule has 6 heteroatoms. The number of benzene rings is 1. The Morgan fingerprint density at radius 3 is 2.75 bits per heavy atom. The fraction of sp³-hybridized carbons (Fsp3) is 0.500. The van der Waals surface area contributed by atoms with E-state index in [4.69, 9.17) is 0 Å². The first-order valence-corrected chi connectivity index (χ1v) is 7.92. The van der Waals surface area contributed by atoms with Crippen LogP contribution in [0.2, 0.25) is 0 Å². The molecule has 0 radical (unpaired) electrons. The Hall–Kier alpha value is -1.24. The molecule has 1 aromatic carbocycles. The van der Waals surface area contributed by atoms with Crippen LogP contribution in [0.4, 0.5) is 4.79 Å². The maximum absolute atomic E-state index is 11.8. The Bertz CT molecular complexity index is 479. The van der Waals surface area contributed by atoms with Crippen molar-refractivity contribution < 1.29 is 9.90 Å². The average molecular weight is 293 g/mol. The van der Waals surface area contributed by atoms with Gasteiger partial charge in [0.05, 0.1) is 0 Å². The quantitative estimate of drug-likeness (QED) is 0.820. The molecule has 2 N–H and O–H groups in total. The van der Waals surface area contributed by atoms with Crippen molar-refractivity contribution in [3.63, 3.8) is 0 Å². The number of carbonyl (C=O) groups is 1. The van der Waals surface area contributed by atoms with Crippen LogP contribution in [0, 0.1) is 0 Å². The van der Waals surface area contributed by atoms with E-state index in [2.05, 4.69) is 9.84 Å². The van der Waals surface area contributed by atoms with E-state index in [1.165, 1.54) is 0 Å². The summed E-state index contributed by atoms with van der Waals surface area (Å²) in [6.45, 7) is 1.47. The summed E-state index contributed by atoms with van der Waals surface area (Å²) in [5.74, 6) is 0.974. The minimum absolute atomic E-state index is 0.586. The van der Waals surface area contributed by atoms with E-state index < -0.39 is 11.8 Å². The third-order valence-electron chi connectivity index (χ3n) is 3.98. The summed E-state index contributed by atoms with van der Waals surface area (Å²) in [6.07, 6.45) is 1.95. The van der Waals surface area contributed by atoms with Gasteiger partial charge in [-0.15, -0.1) is 0 Å². The fourth-order valence-electron chi connectivity index (χ4n) is 3.12. The van der Waals surface area contributed by atoms with Gasteiger partial charge in [-0.1, -0.05) is 42.3 Å². The maximum Gasteiger partial charge on any atom is 0.409 e. The van der Waals surface area contributed by atoms with Crippen molar-refractivity contribution in [3.05, 3.63) is 35.9 Å². The second kappa shape index (κ2) is 5.63. The number of likely N-dealkylation sites (tertiary alicyclic amines) is 1. The van der Waals surface area contributed by atoms with Crippen LogP contribution in [-0.4, -0.2) is 39.4 Å². The van der Waals surface area contributed by atoms with E-state index in [1.807, 2.05) is 30.3 Å². The van der Waals surface area contributed by atoms with Gasteiger partial charge in [0.15, 0.2) is 0 Å². The van der Waals surface area contributed by atoms with Crippen molar-refractivity contribution in [1.29, 1.82) is 0 Å². The average Bonchev–Trinajstić information content (AvgIpc) is 3.02. The van der Waals surface area contributed by atoms with E-state index in [-0.39, 0.29) is 0 Å². The molecular weight excluding hydrogens is 274 g/mol. The first kappa shape index (κ1) is 13.7. The number of rotatable bonds is 2. The summed E-state index contributed by atoms with van der Waals surface area (Å²) in [7, 11) is 0. The van der Waals surface area contributed by atoms with Gasteiger partial charge >= 0.3 is 6.09 Å². The number of piperidine rings is 1. The number of nitrogens with one attached hydrogen (secondary N) is 1. The van der Waals surface area contributed by atoms with Gasteiger partial charge in [0, 0.05) is 18.8 Å². The summed E-state index contributed by atoms with van der Waals surface area (Å²) in [5.41, 5.74) is 3.80. The van der Waals surface area contributed by atoms with Crippen LogP contribution in [-0.2, 0) is 5.66 Å². The molecule has 0 spiro atoms. The summed E-state index contributed by atoms with van der Waals surface area (Å²) >= 11 is 1.68. The van der Waals surface area contributed by atoms with Gasteiger partial charge in [-0.25, -0.2) is 10.2 Å². The molecule has 2 fully saturated rings. The highest BCUT2D eigenvalue weighted by Crippen LogP contribution is 2.44. The Kier molecular flexibility index (Phi) is 3.87. The molecule has 1 atom stereocenters. The molecule has 108 valence electrons. The molecule has 2 aliphatic heterocycles. The first-order valence-electron chi connectivity index (χ1n) is 6.98. The molecular formula is C14H19N3O2S. The van der Waals surface area contributed by atoms with Gasteiger partial charge < -0.3 is 5.11 Å². The highest BCUT2D eigenvalue weighted by atomic mass is 32.2. The lowest BCUT2D eigenvalue weighted by Crippen LogP contribution is -2.61. The van der Waals surface area contributed by atoms with E-state index in [9.17, 15) is 9.90 Å². The van der Waals surface area contributed by atoms with Crippen molar-refractivity contribution in [2.45, 2.75) is 24.9 Å². The molecule has 0 bridgehead atoms. The lowest BCUT2D eigenvalue weighted by molar-refractivity contribution is -0.0420. The van der Waals surface area contributed by atoms with E-state index in [1.54, 1.807) is 16.8 Å². The maximum atomic E-state index is 11.8. The van der Waals surface area contributed by atoms with Crippen molar-refractivity contribution >= 4 is 18.0 Å². The van der Waals surface area contributed by atoms with Gasteiger partial charge in [-0.2, -0.15) is 4.41 Å². The number of carboxylic acid groups (broad SMARTS) is 1. The third kappa shape index (κ3) is 2.17. The highest BCUT2D eigenvalue weighted by Gasteiger charge is 2.49. The van der Waals surface area contributed by atoms with Crippen molar-refractivity contribution in [1.82, 2.24) is 14.7 Å². The molecule has 1 aromatic rings. The Morgan fingerprint density at radius 2 is 2.10 bits per heavy atom. The standard InChI is InChI=1S/C14H19N3O2S/c18-13(19)16-10-5-4-8-14(16,17-15-9-11-20-17)12-6-2-1-3-7-12/h1-3,6-7,15H,4-5,8-11H2,(H,18,19). The highest BCUT2D eigenvalue weighted by molar-refractivity contribution is 7.97. The summed E-state index contributed by atoms with van der Waals surface area (Å²) in [4.78, 5) is 13.4. The zero-order valence-corrected chi connectivity index (χ0v) is 12.1. The fourth-order valence-corrected chi connectivity index (χ4v) is 4.17. The van der Waals surface area contributed by atoms with Crippen LogP contribution in [0.15, 0.2) is 30.3 Å². The summed E-state index contributed by atoms with van der Waals surface area (Å²) in [6, 6.07) is 9.98. The van der Waals surface area contributed by atoms with E-state index >= 15 is 0 Å². The summed E-state index contributed by atoms with van der Waals surface area (Å²) < 4.78 is 2.05. The number of amides is 1. The van der Waals surface area contributed by atoms with Gasteiger partial charge in [-0.05, 0) is 24.8 Å². The second-order valence-electron chi connectivity index (χ2n) is 5.11. The van der Waals surface area contributed by atoms with Gasteiger partial charge in [0.25, 0.3) is 0 Å². The van der Waals surface area contributed by atoms with Crippen LogP contribution in [0.5, 0.6) is 0 Å².